The molecular formula is C29H54ClN7. The van der Waals surface area contributed by atoms with Crippen LogP contribution >= 0.6 is 11.6 Å². The van der Waals surface area contributed by atoms with Gasteiger partial charge in [-0.25, -0.2) is 0 Å². The fourth-order valence-electron chi connectivity index (χ4n) is 6.03. The Kier molecular flexibility index (Phi) is 10.1. The zero-order chi connectivity index (χ0) is 27.3. The normalized spacial score (nSPS) is 24.0. The lowest BCUT2D eigenvalue weighted by atomic mass is 9.78. The molecule has 2 saturated heterocycles. The van der Waals surface area contributed by atoms with Gasteiger partial charge in [-0.05, 0) is 126 Å². The van der Waals surface area contributed by atoms with Crippen LogP contribution in [-0.2, 0) is 0 Å². The van der Waals surface area contributed by atoms with Crippen molar-refractivity contribution in [1.29, 1.82) is 0 Å². The molecule has 8 heteroatoms. The molecule has 7 nitrogen and oxygen atoms in total. The molecule has 2 aliphatic rings. The number of aromatic nitrogens is 3. The van der Waals surface area contributed by atoms with Crippen molar-refractivity contribution in [3.05, 3.63) is 5.28 Å². The average Bonchev–Trinajstić information content (AvgIpc) is 2.78. The van der Waals surface area contributed by atoms with E-state index in [1.165, 1.54) is 51.4 Å². The molecule has 4 N–H and O–H groups in total. The Bertz CT molecular complexity index is 802. The topological polar surface area (TPSA) is 86.8 Å². The minimum atomic E-state index is 0.146. The van der Waals surface area contributed by atoms with E-state index in [2.05, 4.69) is 91.6 Å². The van der Waals surface area contributed by atoms with Gasteiger partial charge in [0.2, 0.25) is 17.2 Å². The second-order valence-corrected chi connectivity index (χ2v) is 15.0. The Morgan fingerprint density at radius 2 is 1.16 bits per heavy atom. The second kappa shape index (κ2) is 12.3. The average molecular weight is 536 g/mol. The van der Waals surface area contributed by atoms with Crippen molar-refractivity contribution in [1.82, 2.24) is 25.6 Å². The first-order valence-electron chi connectivity index (χ1n) is 14.5. The standard InChI is InChI=1S/C29H54ClN7/c1-26(2,13-9-21-11-15-33-28(5,6)17-21)19-31-24-35-23(30)36-25(37-24)32-20-27(3,4)14-10-22-12-16-34-29(7,8)18-22/h21-22,33-34H,9-20H2,1-8H3,(H2,31,32,35,36,37). The third kappa shape index (κ3) is 10.8. The molecule has 2 aliphatic heterocycles. The summed E-state index contributed by atoms with van der Waals surface area (Å²) in [5.74, 6) is 2.69. The van der Waals surface area contributed by atoms with Crippen molar-refractivity contribution in [2.24, 2.45) is 22.7 Å². The lowest BCUT2D eigenvalue weighted by Gasteiger charge is -2.38. The van der Waals surface area contributed by atoms with Crippen molar-refractivity contribution >= 4 is 23.5 Å². The molecule has 0 saturated carbocycles. The molecule has 2 unspecified atom stereocenters. The van der Waals surface area contributed by atoms with Crippen LogP contribution in [0, 0.1) is 22.7 Å². The molecule has 3 rings (SSSR count). The summed E-state index contributed by atoms with van der Waals surface area (Å²) >= 11 is 6.27. The van der Waals surface area contributed by atoms with E-state index in [1.807, 2.05) is 0 Å². The highest BCUT2D eigenvalue weighted by Crippen LogP contribution is 2.34. The first-order chi connectivity index (χ1) is 17.1. The third-order valence-corrected chi connectivity index (χ3v) is 8.60. The number of nitrogens with zero attached hydrogens (tertiary/aromatic N) is 3. The predicted octanol–water partition coefficient (Wildman–Crippen LogP) is 6.52. The summed E-state index contributed by atoms with van der Waals surface area (Å²) in [6, 6.07) is 0. The highest BCUT2D eigenvalue weighted by Gasteiger charge is 2.30. The van der Waals surface area contributed by atoms with Gasteiger partial charge in [-0.3, -0.25) is 0 Å². The van der Waals surface area contributed by atoms with E-state index in [0.717, 1.165) is 38.0 Å². The maximum Gasteiger partial charge on any atom is 0.228 e. The molecule has 212 valence electrons. The quantitative estimate of drug-likeness (QED) is 0.242. The monoisotopic (exact) mass is 535 g/mol. The first-order valence-corrected chi connectivity index (χ1v) is 14.9. The zero-order valence-corrected chi connectivity index (χ0v) is 25.6. The summed E-state index contributed by atoms with van der Waals surface area (Å²) in [6.45, 7) is 22.4. The van der Waals surface area contributed by atoms with Gasteiger partial charge < -0.3 is 21.3 Å². The van der Waals surface area contributed by atoms with E-state index in [4.69, 9.17) is 11.6 Å². The van der Waals surface area contributed by atoms with E-state index in [0.29, 0.717) is 11.9 Å². The van der Waals surface area contributed by atoms with Crippen LogP contribution < -0.4 is 21.3 Å². The summed E-state index contributed by atoms with van der Waals surface area (Å²) in [7, 11) is 0. The largest absolute Gasteiger partial charge is 0.354 e. The smallest absolute Gasteiger partial charge is 0.228 e. The lowest BCUT2D eigenvalue weighted by molar-refractivity contribution is 0.199. The van der Waals surface area contributed by atoms with Crippen molar-refractivity contribution in [3.63, 3.8) is 0 Å². The molecule has 1 aromatic heterocycles. The molecule has 37 heavy (non-hydrogen) atoms. The highest BCUT2D eigenvalue weighted by atomic mass is 35.5. The Hall–Kier alpha value is -1.18. The Balaban J connectivity index is 1.46. The summed E-state index contributed by atoms with van der Waals surface area (Å²) in [4.78, 5) is 13.3. The summed E-state index contributed by atoms with van der Waals surface area (Å²) < 4.78 is 0. The van der Waals surface area contributed by atoms with Crippen LogP contribution in [0.25, 0.3) is 0 Å². The van der Waals surface area contributed by atoms with Gasteiger partial charge in [0, 0.05) is 24.2 Å². The van der Waals surface area contributed by atoms with Gasteiger partial charge in [0.05, 0.1) is 0 Å². The fourth-order valence-corrected chi connectivity index (χ4v) is 6.19. The van der Waals surface area contributed by atoms with E-state index < -0.39 is 0 Å². The molecule has 1 aromatic rings. The minimum absolute atomic E-state index is 0.146. The van der Waals surface area contributed by atoms with Gasteiger partial charge in [0.1, 0.15) is 0 Å². The summed E-state index contributed by atoms with van der Waals surface area (Å²) in [5.41, 5.74) is 0.810. The van der Waals surface area contributed by atoms with Gasteiger partial charge in [0.25, 0.3) is 0 Å². The Morgan fingerprint density at radius 3 is 1.54 bits per heavy atom. The summed E-state index contributed by atoms with van der Waals surface area (Å²) in [6.07, 6.45) is 9.92. The zero-order valence-electron chi connectivity index (χ0n) is 24.9. The lowest BCUT2D eigenvalue weighted by Crippen LogP contribution is -2.46. The van der Waals surface area contributed by atoms with Gasteiger partial charge in [-0.1, -0.05) is 27.7 Å². The van der Waals surface area contributed by atoms with E-state index in [9.17, 15) is 0 Å². The molecule has 2 atom stereocenters. The fraction of sp³-hybridized carbons (Fsp3) is 0.897. The third-order valence-electron chi connectivity index (χ3n) is 8.43. The number of rotatable bonds is 12. The van der Waals surface area contributed by atoms with Crippen LogP contribution in [0.5, 0.6) is 0 Å². The maximum atomic E-state index is 6.27. The van der Waals surface area contributed by atoms with Crippen LogP contribution in [0.15, 0.2) is 0 Å². The van der Waals surface area contributed by atoms with Crippen LogP contribution in [0.3, 0.4) is 0 Å². The molecule has 3 heterocycles. The van der Waals surface area contributed by atoms with Crippen LogP contribution in [0.4, 0.5) is 11.9 Å². The maximum absolute atomic E-state index is 6.27. The molecule has 0 amide bonds. The molecule has 0 spiro atoms. The second-order valence-electron chi connectivity index (χ2n) is 14.7. The first kappa shape index (κ1) is 30.4. The van der Waals surface area contributed by atoms with E-state index in [-0.39, 0.29) is 27.2 Å². The van der Waals surface area contributed by atoms with Crippen LogP contribution in [0.2, 0.25) is 5.28 Å². The molecular weight excluding hydrogens is 482 g/mol. The van der Waals surface area contributed by atoms with Crippen LogP contribution in [-0.4, -0.2) is 52.2 Å². The number of anilines is 2. The number of hydrogen-bond acceptors (Lipinski definition) is 7. The predicted molar refractivity (Wildman–Crippen MR) is 157 cm³/mol. The van der Waals surface area contributed by atoms with Gasteiger partial charge in [-0.15, -0.1) is 0 Å². The van der Waals surface area contributed by atoms with Gasteiger partial charge in [0.15, 0.2) is 0 Å². The van der Waals surface area contributed by atoms with Crippen molar-refractivity contribution in [2.75, 3.05) is 36.8 Å². The minimum Gasteiger partial charge on any atom is -0.354 e. The highest BCUT2D eigenvalue weighted by molar-refractivity contribution is 6.28. The van der Waals surface area contributed by atoms with E-state index >= 15 is 0 Å². The van der Waals surface area contributed by atoms with Crippen molar-refractivity contribution in [3.8, 4) is 0 Å². The number of hydrogen-bond donors (Lipinski definition) is 4. The van der Waals surface area contributed by atoms with Gasteiger partial charge in [-0.2, -0.15) is 15.0 Å². The van der Waals surface area contributed by atoms with Crippen molar-refractivity contribution < 1.29 is 0 Å². The van der Waals surface area contributed by atoms with Gasteiger partial charge >= 0.3 is 0 Å². The molecule has 0 aromatic carbocycles. The molecule has 2 fully saturated rings. The van der Waals surface area contributed by atoms with Crippen LogP contribution in [0.1, 0.15) is 107 Å². The number of halogens is 1. The van der Waals surface area contributed by atoms with E-state index in [1.54, 1.807) is 0 Å². The molecule has 0 radical (unpaired) electrons. The molecule has 0 bridgehead atoms. The SMILES string of the molecule is CC(C)(CCC1CCNC(C)(C)C1)CNc1nc(Cl)nc(NCC(C)(C)CCC2CCNC(C)(C)C2)n1. The van der Waals surface area contributed by atoms with Crippen molar-refractivity contribution in [2.45, 2.75) is 118 Å². The Labute approximate surface area is 231 Å². The summed E-state index contributed by atoms with van der Waals surface area (Å²) in [5, 5.41) is 14.4. The number of nitrogens with one attached hydrogen (secondary N) is 4. The Morgan fingerprint density at radius 1 is 0.757 bits per heavy atom. The molecule has 0 aliphatic carbocycles. The number of piperidine rings is 2.